The molecule has 0 atom stereocenters. The predicted molar refractivity (Wildman–Crippen MR) is 90.5 cm³/mol. The van der Waals surface area contributed by atoms with Gasteiger partial charge < -0.3 is 14.5 Å². The Kier molecular flexibility index (Phi) is 4.76. The van der Waals surface area contributed by atoms with E-state index in [0.29, 0.717) is 17.6 Å². The maximum Gasteiger partial charge on any atom is 0.417 e. The Labute approximate surface area is 137 Å². The van der Waals surface area contributed by atoms with Gasteiger partial charge in [-0.25, -0.2) is 9.59 Å². The second-order valence-electron chi connectivity index (χ2n) is 5.12. The zero-order valence-corrected chi connectivity index (χ0v) is 12.8. The Morgan fingerprint density at radius 2 is 2.04 bits per heavy atom. The Bertz CT molecular complexity index is 909. The third kappa shape index (κ3) is 4.13. The van der Waals surface area contributed by atoms with Crippen molar-refractivity contribution in [1.82, 2.24) is 10.3 Å². The number of rotatable bonds is 5. The highest BCUT2D eigenvalue weighted by Crippen LogP contribution is 2.13. The number of H-pyrrole nitrogens is 1. The molecule has 0 spiro atoms. The Morgan fingerprint density at radius 3 is 2.88 bits per heavy atom. The largest absolute Gasteiger partial charge is 0.445 e. The molecule has 0 unspecified atom stereocenters. The van der Waals surface area contributed by atoms with E-state index in [1.165, 1.54) is 0 Å². The van der Waals surface area contributed by atoms with Gasteiger partial charge in [0.25, 0.3) is 0 Å². The smallest absolute Gasteiger partial charge is 0.417 e. The molecule has 0 saturated heterocycles. The Balaban J connectivity index is 1.47. The number of hydrogen-bond acceptors (Lipinski definition) is 4. The van der Waals surface area contributed by atoms with Crippen molar-refractivity contribution in [2.24, 2.45) is 0 Å². The van der Waals surface area contributed by atoms with Crippen molar-refractivity contribution < 1.29 is 13.9 Å². The molecule has 3 rings (SSSR count). The van der Waals surface area contributed by atoms with Crippen molar-refractivity contribution in [1.29, 1.82) is 0 Å². The summed E-state index contributed by atoms with van der Waals surface area (Å²) in [4.78, 5) is 25.3. The second kappa shape index (κ2) is 7.32. The molecule has 0 aliphatic heterocycles. The van der Waals surface area contributed by atoms with Gasteiger partial charge in [0.05, 0.1) is 5.52 Å². The van der Waals surface area contributed by atoms with Gasteiger partial charge >= 0.3 is 11.8 Å². The number of ether oxygens (including phenoxy) is 1. The predicted octanol–water partition coefficient (Wildman–Crippen LogP) is 3.06. The van der Waals surface area contributed by atoms with Gasteiger partial charge in [-0.3, -0.25) is 4.98 Å². The number of carbonyl (C=O) groups excluding carboxylic acids is 1. The lowest BCUT2D eigenvalue weighted by atomic mass is 10.2. The summed E-state index contributed by atoms with van der Waals surface area (Å²) in [5.74, 6) is -0.478. The van der Waals surface area contributed by atoms with Gasteiger partial charge in [-0.1, -0.05) is 48.6 Å². The fraction of sp³-hybridized carbons (Fsp3) is 0.111. The molecule has 0 bridgehead atoms. The number of benzene rings is 2. The highest BCUT2D eigenvalue weighted by atomic mass is 16.5. The standard InChI is InChI=1S/C18H16N2O4/c21-17(23-12-14-5-2-1-3-6-14)19-10-4-7-13-8-9-15-16(11-13)24-18(22)20-15/h1-9,11H,10,12H2,(H,19,21)(H,20,22). The first-order chi connectivity index (χ1) is 11.7. The summed E-state index contributed by atoms with van der Waals surface area (Å²) in [6, 6.07) is 14.8. The molecule has 3 aromatic rings. The molecular weight excluding hydrogens is 308 g/mol. The van der Waals surface area contributed by atoms with E-state index in [4.69, 9.17) is 9.15 Å². The highest BCUT2D eigenvalue weighted by Gasteiger charge is 2.01. The first-order valence-electron chi connectivity index (χ1n) is 7.45. The number of fused-ring (bicyclic) bond motifs is 1. The van der Waals surface area contributed by atoms with Gasteiger partial charge in [-0.2, -0.15) is 0 Å². The first-order valence-corrected chi connectivity index (χ1v) is 7.45. The van der Waals surface area contributed by atoms with E-state index in [0.717, 1.165) is 11.1 Å². The van der Waals surface area contributed by atoms with Crippen molar-refractivity contribution >= 4 is 23.3 Å². The van der Waals surface area contributed by atoms with Gasteiger partial charge in [0, 0.05) is 6.54 Å². The minimum atomic E-state index is -0.478. The SMILES string of the molecule is O=C(NCC=Cc1ccc2[nH]c(=O)oc2c1)OCc1ccccc1. The van der Waals surface area contributed by atoms with Crippen LogP contribution in [0, 0.1) is 0 Å². The molecule has 24 heavy (non-hydrogen) atoms. The van der Waals surface area contributed by atoms with Crippen LogP contribution in [0.4, 0.5) is 4.79 Å². The summed E-state index contributed by atoms with van der Waals surface area (Å²) >= 11 is 0. The zero-order valence-electron chi connectivity index (χ0n) is 12.8. The summed E-state index contributed by atoms with van der Waals surface area (Å²) in [6.45, 7) is 0.572. The number of nitrogens with one attached hydrogen (secondary N) is 2. The minimum Gasteiger partial charge on any atom is -0.445 e. The lowest BCUT2D eigenvalue weighted by Gasteiger charge is -2.05. The number of amides is 1. The van der Waals surface area contributed by atoms with E-state index in [9.17, 15) is 9.59 Å². The van der Waals surface area contributed by atoms with E-state index in [2.05, 4.69) is 10.3 Å². The molecule has 2 aromatic carbocycles. The number of alkyl carbamates (subject to hydrolysis) is 1. The van der Waals surface area contributed by atoms with E-state index in [-0.39, 0.29) is 6.61 Å². The maximum atomic E-state index is 11.6. The lowest BCUT2D eigenvalue weighted by molar-refractivity contribution is 0.141. The first kappa shape index (κ1) is 15.6. The van der Waals surface area contributed by atoms with Crippen LogP contribution in [0.1, 0.15) is 11.1 Å². The zero-order chi connectivity index (χ0) is 16.8. The van der Waals surface area contributed by atoms with Gasteiger partial charge in [-0.05, 0) is 23.3 Å². The average Bonchev–Trinajstić information content (AvgIpc) is 2.97. The van der Waals surface area contributed by atoms with Crippen molar-refractivity contribution in [3.8, 4) is 0 Å². The Morgan fingerprint density at radius 1 is 1.21 bits per heavy atom. The molecule has 6 heteroatoms. The molecule has 122 valence electrons. The fourth-order valence-corrected chi connectivity index (χ4v) is 2.18. The van der Waals surface area contributed by atoms with Crippen molar-refractivity contribution in [3.63, 3.8) is 0 Å². The third-order valence-corrected chi connectivity index (χ3v) is 3.33. The number of carbonyl (C=O) groups is 1. The molecule has 0 aliphatic carbocycles. The van der Waals surface area contributed by atoms with Crippen LogP contribution in [0.25, 0.3) is 17.2 Å². The third-order valence-electron chi connectivity index (χ3n) is 3.33. The summed E-state index contributed by atoms with van der Waals surface area (Å²) in [5, 5.41) is 2.64. The molecular formula is C18H16N2O4. The van der Waals surface area contributed by atoms with Gasteiger partial charge in [0.1, 0.15) is 6.61 Å². The van der Waals surface area contributed by atoms with Crippen LogP contribution in [-0.2, 0) is 11.3 Å². The molecule has 0 aliphatic rings. The Hall–Kier alpha value is -3.28. The second-order valence-corrected chi connectivity index (χ2v) is 5.12. The van der Waals surface area contributed by atoms with Crippen molar-refractivity contribution in [2.75, 3.05) is 6.54 Å². The maximum absolute atomic E-state index is 11.6. The van der Waals surface area contributed by atoms with Crippen molar-refractivity contribution in [2.45, 2.75) is 6.61 Å². The van der Waals surface area contributed by atoms with E-state index < -0.39 is 11.8 Å². The van der Waals surface area contributed by atoms with Crippen LogP contribution >= 0.6 is 0 Å². The number of oxazole rings is 1. The molecule has 1 heterocycles. The molecule has 0 fully saturated rings. The lowest BCUT2D eigenvalue weighted by Crippen LogP contribution is -2.24. The molecule has 0 radical (unpaired) electrons. The van der Waals surface area contributed by atoms with E-state index >= 15 is 0 Å². The number of hydrogen-bond donors (Lipinski definition) is 2. The molecule has 0 saturated carbocycles. The molecule has 1 amide bonds. The normalized spacial score (nSPS) is 11.0. The van der Waals surface area contributed by atoms with Gasteiger partial charge in [0.2, 0.25) is 0 Å². The average molecular weight is 324 g/mol. The van der Waals surface area contributed by atoms with Crippen molar-refractivity contribution in [3.05, 3.63) is 76.3 Å². The highest BCUT2D eigenvalue weighted by molar-refractivity contribution is 5.75. The number of aromatic amines is 1. The van der Waals surface area contributed by atoms with Gasteiger partial charge in [-0.15, -0.1) is 0 Å². The van der Waals surface area contributed by atoms with Crippen LogP contribution in [0.15, 0.2) is 63.8 Å². The molecule has 1 aromatic heterocycles. The van der Waals surface area contributed by atoms with Crippen LogP contribution in [0.2, 0.25) is 0 Å². The summed E-state index contributed by atoms with van der Waals surface area (Å²) in [5.41, 5.74) is 2.95. The van der Waals surface area contributed by atoms with E-state index in [1.807, 2.05) is 42.5 Å². The topological polar surface area (TPSA) is 84.3 Å². The molecule has 6 nitrogen and oxygen atoms in total. The molecule has 2 N–H and O–H groups in total. The fourth-order valence-electron chi connectivity index (χ4n) is 2.18. The van der Waals surface area contributed by atoms with E-state index in [1.54, 1.807) is 18.2 Å². The van der Waals surface area contributed by atoms with Crippen LogP contribution in [0.5, 0.6) is 0 Å². The van der Waals surface area contributed by atoms with Crippen LogP contribution < -0.4 is 11.1 Å². The van der Waals surface area contributed by atoms with Crippen LogP contribution in [-0.4, -0.2) is 17.6 Å². The summed E-state index contributed by atoms with van der Waals surface area (Å²) in [6.07, 6.45) is 3.13. The monoisotopic (exact) mass is 324 g/mol. The van der Waals surface area contributed by atoms with Gasteiger partial charge in [0.15, 0.2) is 5.58 Å². The summed E-state index contributed by atoms with van der Waals surface area (Å²) < 4.78 is 10.1. The quantitative estimate of drug-likeness (QED) is 0.755. The number of aromatic nitrogens is 1. The van der Waals surface area contributed by atoms with Crippen LogP contribution in [0.3, 0.4) is 0 Å². The summed E-state index contributed by atoms with van der Waals surface area (Å²) in [7, 11) is 0. The minimum absolute atomic E-state index is 0.236.